The maximum Gasteiger partial charge on any atom is 0.292 e. The lowest BCUT2D eigenvalue weighted by Gasteiger charge is -2.37. The van der Waals surface area contributed by atoms with Crippen LogP contribution in [0, 0.1) is 10.1 Å². The van der Waals surface area contributed by atoms with Crippen LogP contribution in [0.2, 0.25) is 18.1 Å². The fourth-order valence-corrected chi connectivity index (χ4v) is 4.20. The Morgan fingerprint density at radius 1 is 1.30 bits per heavy atom. The van der Waals surface area contributed by atoms with Crippen LogP contribution in [-0.2, 0) is 4.43 Å². The third-order valence-corrected chi connectivity index (χ3v) is 10.4. The molecule has 1 atom stereocenters. The maximum atomic E-state index is 11.3. The van der Waals surface area contributed by atoms with Crippen molar-refractivity contribution in [1.29, 1.82) is 0 Å². The summed E-state index contributed by atoms with van der Waals surface area (Å²) in [6, 6.07) is 7.14. The number of nitrogens with one attached hydrogen (secondary N) is 1. The molecule has 1 aliphatic rings. The maximum absolute atomic E-state index is 11.3. The first-order chi connectivity index (χ1) is 12.6. The van der Waals surface area contributed by atoms with Gasteiger partial charge in [-0.05, 0) is 43.6 Å². The van der Waals surface area contributed by atoms with Crippen molar-refractivity contribution in [2.24, 2.45) is 0 Å². The van der Waals surface area contributed by atoms with E-state index in [1.807, 2.05) is 6.07 Å². The van der Waals surface area contributed by atoms with Gasteiger partial charge >= 0.3 is 0 Å². The fourth-order valence-electron chi connectivity index (χ4n) is 3.16. The molecule has 1 saturated heterocycles. The summed E-state index contributed by atoms with van der Waals surface area (Å²) < 4.78 is 6.33. The molecule has 1 unspecified atom stereocenters. The van der Waals surface area contributed by atoms with Gasteiger partial charge in [-0.15, -0.1) is 0 Å². The van der Waals surface area contributed by atoms with Gasteiger partial charge in [-0.1, -0.05) is 39.3 Å². The second kappa shape index (κ2) is 9.17. The molecule has 7 heteroatoms. The van der Waals surface area contributed by atoms with Crippen LogP contribution in [0.5, 0.6) is 0 Å². The number of anilines is 1. The van der Waals surface area contributed by atoms with Crippen molar-refractivity contribution in [2.75, 3.05) is 31.6 Å². The van der Waals surface area contributed by atoms with E-state index in [0.29, 0.717) is 5.69 Å². The standard InChI is InChI=1S/C20H35N3O3Si/c1-20(2,3)27(4,5)26-15-14-22-13-9-8-10-17(16-22)21-18-11-6-7-12-19(18)23(24)25/h6-7,11-12,17,21H,8-10,13-16H2,1-5H3. The molecule has 152 valence electrons. The lowest BCUT2D eigenvalue weighted by Crippen LogP contribution is -2.44. The number of benzene rings is 1. The lowest BCUT2D eigenvalue weighted by molar-refractivity contribution is -0.384. The second-order valence-corrected chi connectivity index (χ2v) is 13.8. The van der Waals surface area contributed by atoms with Crippen molar-refractivity contribution >= 4 is 19.7 Å². The number of para-hydroxylation sites is 2. The van der Waals surface area contributed by atoms with Crippen LogP contribution in [0.25, 0.3) is 0 Å². The summed E-state index contributed by atoms with van der Waals surface area (Å²) in [4.78, 5) is 13.4. The topological polar surface area (TPSA) is 67.6 Å². The highest BCUT2D eigenvalue weighted by Crippen LogP contribution is 2.36. The number of hydrogen-bond acceptors (Lipinski definition) is 5. The fraction of sp³-hybridized carbons (Fsp3) is 0.700. The Balaban J connectivity index is 1.93. The molecule has 6 nitrogen and oxygen atoms in total. The molecule has 27 heavy (non-hydrogen) atoms. The molecule has 0 amide bonds. The normalized spacial score (nSPS) is 19.5. The van der Waals surface area contributed by atoms with Crippen LogP contribution < -0.4 is 5.32 Å². The first-order valence-electron chi connectivity index (χ1n) is 9.96. The molecule has 0 radical (unpaired) electrons. The number of likely N-dealkylation sites (tertiary alicyclic amines) is 1. The predicted molar refractivity (Wildman–Crippen MR) is 114 cm³/mol. The molecule has 1 aromatic rings. The Labute approximate surface area is 164 Å². The molecule has 1 aromatic carbocycles. The second-order valence-electron chi connectivity index (χ2n) is 9.02. The molecule has 0 bridgehead atoms. The van der Waals surface area contributed by atoms with Gasteiger partial charge < -0.3 is 9.74 Å². The van der Waals surface area contributed by atoms with Crippen molar-refractivity contribution in [3.8, 4) is 0 Å². The molecule has 1 N–H and O–H groups in total. The zero-order chi connectivity index (χ0) is 20.1. The van der Waals surface area contributed by atoms with E-state index < -0.39 is 8.32 Å². The number of nitro benzene ring substituents is 1. The van der Waals surface area contributed by atoms with E-state index in [1.54, 1.807) is 18.2 Å². The smallest absolute Gasteiger partial charge is 0.292 e. The third-order valence-electron chi connectivity index (χ3n) is 5.89. The summed E-state index contributed by atoms with van der Waals surface area (Å²) in [5.74, 6) is 0. The van der Waals surface area contributed by atoms with Gasteiger partial charge in [0.2, 0.25) is 0 Å². The number of nitrogens with zero attached hydrogens (tertiary/aromatic N) is 2. The SMILES string of the molecule is CC(C)(C)[Si](C)(C)OCCN1CCCCC(Nc2ccccc2[N+](=O)[O-])C1. The molecular formula is C20H35N3O3Si. The minimum atomic E-state index is -1.72. The van der Waals surface area contributed by atoms with Crippen LogP contribution in [0.1, 0.15) is 40.0 Å². The average molecular weight is 394 g/mol. The van der Waals surface area contributed by atoms with Crippen LogP contribution in [-0.4, -0.2) is 50.4 Å². The Bertz CT molecular complexity index is 631. The van der Waals surface area contributed by atoms with Crippen molar-refractivity contribution in [2.45, 2.75) is 64.2 Å². The van der Waals surface area contributed by atoms with Gasteiger partial charge in [-0.3, -0.25) is 15.0 Å². The van der Waals surface area contributed by atoms with Gasteiger partial charge in [-0.2, -0.15) is 0 Å². The van der Waals surface area contributed by atoms with E-state index in [0.717, 1.165) is 45.5 Å². The first-order valence-corrected chi connectivity index (χ1v) is 12.9. The third kappa shape index (κ3) is 6.29. The molecular weight excluding hydrogens is 358 g/mol. The Kier molecular flexibility index (Phi) is 7.42. The van der Waals surface area contributed by atoms with E-state index >= 15 is 0 Å². The van der Waals surface area contributed by atoms with Crippen LogP contribution in [0.4, 0.5) is 11.4 Å². The molecule has 0 aromatic heterocycles. The number of rotatable bonds is 7. The summed E-state index contributed by atoms with van der Waals surface area (Å²) in [5, 5.41) is 14.9. The van der Waals surface area contributed by atoms with Gasteiger partial charge in [0.05, 0.1) is 4.92 Å². The highest BCUT2D eigenvalue weighted by atomic mass is 28.4. The summed E-state index contributed by atoms with van der Waals surface area (Å²) >= 11 is 0. The molecule has 1 fully saturated rings. The van der Waals surface area contributed by atoms with Crippen molar-refractivity contribution in [1.82, 2.24) is 4.90 Å². The van der Waals surface area contributed by atoms with E-state index in [4.69, 9.17) is 4.43 Å². The molecule has 0 spiro atoms. The Morgan fingerprint density at radius 3 is 2.67 bits per heavy atom. The highest BCUT2D eigenvalue weighted by Gasteiger charge is 2.37. The Hall–Kier alpha value is -1.44. The van der Waals surface area contributed by atoms with Crippen molar-refractivity contribution in [3.63, 3.8) is 0 Å². The van der Waals surface area contributed by atoms with Crippen molar-refractivity contribution < 1.29 is 9.35 Å². The van der Waals surface area contributed by atoms with E-state index in [9.17, 15) is 10.1 Å². The summed E-state index contributed by atoms with van der Waals surface area (Å²) in [5.41, 5.74) is 0.765. The average Bonchev–Trinajstić information content (AvgIpc) is 2.79. The number of hydrogen-bond donors (Lipinski definition) is 1. The zero-order valence-corrected chi connectivity index (χ0v) is 18.5. The van der Waals surface area contributed by atoms with Crippen LogP contribution in [0.15, 0.2) is 24.3 Å². The van der Waals surface area contributed by atoms with Gasteiger partial charge in [0.1, 0.15) is 5.69 Å². The monoisotopic (exact) mass is 393 g/mol. The molecule has 2 rings (SSSR count). The molecule has 0 aliphatic carbocycles. The minimum Gasteiger partial charge on any atom is -0.416 e. The predicted octanol–water partition coefficient (Wildman–Crippen LogP) is 4.88. The summed E-state index contributed by atoms with van der Waals surface area (Å²) in [7, 11) is -1.72. The largest absolute Gasteiger partial charge is 0.416 e. The van der Waals surface area contributed by atoms with E-state index in [2.05, 4.69) is 44.1 Å². The van der Waals surface area contributed by atoms with E-state index in [-0.39, 0.29) is 21.7 Å². The van der Waals surface area contributed by atoms with Gasteiger partial charge in [0.15, 0.2) is 8.32 Å². The molecule has 1 heterocycles. The highest BCUT2D eigenvalue weighted by molar-refractivity contribution is 6.74. The van der Waals surface area contributed by atoms with Gasteiger partial charge in [0.25, 0.3) is 5.69 Å². The molecule has 0 saturated carbocycles. The van der Waals surface area contributed by atoms with Crippen molar-refractivity contribution in [3.05, 3.63) is 34.4 Å². The van der Waals surface area contributed by atoms with Gasteiger partial charge in [-0.25, -0.2) is 0 Å². The van der Waals surface area contributed by atoms with E-state index in [1.165, 1.54) is 0 Å². The minimum absolute atomic E-state index is 0.148. The van der Waals surface area contributed by atoms with Crippen LogP contribution >= 0.6 is 0 Å². The first kappa shape index (κ1) is 21.9. The number of nitro groups is 1. The lowest BCUT2D eigenvalue weighted by atomic mass is 10.1. The summed E-state index contributed by atoms with van der Waals surface area (Å²) in [6.07, 6.45) is 3.33. The molecule has 1 aliphatic heterocycles. The summed E-state index contributed by atoms with van der Waals surface area (Å²) in [6.45, 7) is 15.0. The Morgan fingerprint density at radius 2 is 2.00 bits per heavy atom. The zero-order valence-electron chi connectivity index (χ0n) is 17.5. The quantitative estimate of drug-likeness (QED) is 0.406. The van der Waals surface area contributed by atoms with Gasteiger partial charge in [0, 0.05) is 31.8 Å². The van der Waals surface area contributed by atoms with Crippen LogP contribution in [0.3, 0.4) is 0 Å².